The average molecular weight is 253 g/mol. The van der Waals surface area contributed by atoms with Crippen LogP contribution in [0.4, 0.5) is 0 Å². The lowest BCUT2D eigenvalue weighted by Gasteiger charge is -2.05. The molecule has 2 heterocycles. The molecule has 1 aliphatic rings. The zero-order valence-electron chi connectivity index (χ0n) is 10.1. The van der Waals surface area contributed by atoms with Crippen LogP contribution in [0.15, 0.2) is 41.0 Å². The zero-order valence-corrected chi connectivity index (χ0v) is 10.1. The molecule has 0 spiro atoms. The fourth-order valence-corrected chi connectivity index (χ4v) is 2.60. The van der Waals surface area contributed by atoms with Gasteiger partial charge in [-0.05, 0) is 23.0 Å². The smallest absolute Gasteiger partial charge is 0.253 e. The van der Waals surface area contributed by atoms with Crippen LogP contribution in [0.2, 0.25) is 0 Å². The van der Waals surface area contributed by atoms with E-state index in [9.17, 15) is 5.21 Å². The second-order valence-corrected chi connectivity index (χ2v) is 4.67. The van der Waals surface area contributed by atoms with Crippen LogP contribution in [0.5, 0.6) is 0 Å². The lowest BCUT2D eigenvalue weighted by Crippen LogP contribution is -2.29. The number of aromatic nitrogens is 3. The Labute approximate surface area is 109 Å². The van der Waals surface area contributed by atoms with Crippen LogP contribution in [0, 0.1) is 5.21 Å². The summed E-state index contributed by atoms with van der Waals surface area (Å²) in [6.07, 6.45) is 1.46. The van der Waals surface area contributed by atoms with Crippen molar-refractivity contribution in [1.82, 2.24) is 10.1 Å². The van der Waals surface area contributed by atoms with Gasteiger partial charge in [0, 0.05) is 23.0 Å². The maximum atomic E-state index is 11.4. The van der Waals surface area contributed by atoms with Gasteiger partial charge in [-0.15, -0.1) is 0 Å². The predicted octanol–water partition coefficient (Wildman–Crippen LogP) is 2.07. The van der Waals surface area contributed by atoms with E-state index in [1.165, 1.54) is 0 Å². The Morgan fingerprint density at radius 1 is 1.21 bits per heavy atom. The molecule has 0 aliphatic heterocycles. The SMILES string of the molecule is [O-][n+]1onc2c1CCc1[nH]c(-c3ccccc3)cc1-2. The van der Waals surface area contributed by atoms with Gasteiger partial charge in [0.15, 0.2) is 0 Å². The summed E-state index contributed by atoms with van der Waals surface area (Å²) >= 11 is 0. The van der Waals surface area contributed by atoms with E-state index in [-0.39, 0.29) is 0 Å². The Morgan fingerprint density at radius 2 is 2.05 bits per heavy atom. The molecule has 0 saturated heterocycles. The number of rotatable bonds is 1. The number of hydrogen-bond donors (Lipinski definition) is 1. The second kappa shape index (κ2) is 3.71. The molecule has 2 aromatic heterocycles. The number of hydrogen-bond acceptors (Lipinski definition) is 3. The van der Waals surface area contributed by atoms with Crippen molar-refractivity contribution in [3.05, 3.63) is 53.0 Å². The van der Waals surface area contributed by atoms with Gasteiger partial charge >= 0.3 is 0 Å². The van der Waals surface area contributed by atoms with Crippen LogP contribution < -0.4 is 4.90 Å². The average Bonchev–Trinajstić information content (AvgIpc) is 3.03. The highest BCUT2D eigenvalue weighted by atomic mass is 16.8. The van der Waals surface area contributed by atoms with Gasteiger partial charge < -0.3 is 10.2 Å². The van der Waals surface area contributed by atoms with Crippen LogP contribution >= 0.6 is 0 Å². The molecule has 0 bridgehead atoms. The molecule has 4 rings (SSSR count). The second-order valence-electron chi connectivity index (χ2n) is 4.67. The van der Waals surface area contributed by atoms with Crippen LogP contribution in [0.25, 0.3) is 22.5 Å². The summed E-state index contributed by atoms with van der Waals surface area (Å²) in [5.41, 5.74) is 5.52. The first-order chi connectivity index (χ1) is 9.33. The molecule has 0 radical (unpaired) electrons. The van der Waals surface area contributed by atoms with E-state index in [4.69, 9.17) is 0 Å². The Kier molecular flexibility index (Phi) is 2.03. The molecule has 94 valence electrons. The maximum absolute atomic E-state index is 11.4. The topological polar surface area (TPSA) is 68.8 Å². The standard InChI is InChI=1S/C14H11N3O2/c18-17-13-7-6-11-10(14(13)16-19-17)8-12(15-11)9-4-2-1-3-5-9/h1-5,8,15H,6-7H2. The summed E-state index contributed by atoms with van der Waals surface area (Å²) < 4.78 is 4.69. The van der Waals surface area contributed by atoms with E-state index in [1.807, 2.05) is 24.3 Å². The number of nitrogens with zero attached hydrogens (tertiary/aromatic N) is 2. The van der Waals surface area contributed by atoms with Crippen molar-refractivity contribution < 1.29 is 9.53 Å². The van der Waals surface area contributed by atoms with E-state index in [1.54, 1.807) is 0 Å². The number of aromatic amines is 1. The minimum absolute atomic E-state index is 0.507. The summed E-state index contributed by atoms with van der Waals surface area (Å²) in [7, 11) is 0. The van der Waals surface area contributed by atoms with Gasteiger partial charge in [-0.1, -0.05) is 30.3 Å². The van der Waals surface area contributed by atoms with Gasteiger partial charge in [-0.3, -0.25) is 4.63 Å². The highest BCUT2D eigenvalue weighted by molar-refractivity contribution is 5.74. The van der Waals surface area contributed by atoms with Crippen LogP contribution in [-0.4, -0.2) is 10.1 Å². The van der Waals surface area contributed by atoms with Crippen LogP contribution in [0.1, 0.15) is 11.4 Å². The molecule has 0 unspecified atom stereocenters. The molecule has 0 amide bonds. The molecular formula is C14H11N3O2. The van der Waals surface area contributed by atoms with Gasteiger partial charge in [-0.2, -0.15) is 0 Å². The van der Waals surface area contributed by atoms with Crippen LogP contribution in [-0.2, 0) is 12.8 Å². The lowest BCUT2D eigenvalue weighted by atomic mass is 9.98. The first kappa shape index (κ1) is 10.4. The Bertz CT molecular complexity index is 743. The highest BCUT2D eigenvalue weighted by Crippen LogP contribution is 2.33. The molecule has 5 nitrogen and oxygen atoms in total. The Balaban J connectivity index is 1.87. The molecular weight excluding hydrogens is 242 g/mol. The number of aryl methyl sites for hydroxylation is 1. The first-order valence-corrected chi connectivity index (χ1v) is 6.19. The molecule has 0 fully saturated rings. The third-order valence-corrected chi connectivity index (χ3v) is 3.55. The minimum Gasteiger partial charge on any atom is -0.359 e. The molecule has 1 aliphatic carbocycles. The van der Waals surface area contributed by atoms with Crippen molar-refractivity contribution in [2.75, 3.05) is 0 Å². The van der Waals surface area contributed by atoms with Crippen molar-refractivity contribution in [2.45, 2.75) is 12.8 Å². The molecule has 0 saturated carbocycles. The van der Waals surface area contributed by atoms with Crippen molar-refractivity contribution in [3.8, 4) is 22.5 Å². The predicted molar refractivity (Wildman–Crippen MR) is 68.1 cm³/mol. The summed E-state index contributed by atoms with van der Waals surface area (Å²) in [6.45, 7) is 0. The quantitative estimate of drug-likeness (QED) is 0.675. The summed E-state index contributed by atoms with van der Waals surface area (Å²) in [5, 5.41) is 15.3. The normalized spacial score (nSPS) is 13.1. The molecule has 19 heavy (non-hydrogen) atoms. The Hall–Kier alpha value is -2.56. The number of fused-ring (bicyclic) bond motifs is 3. The third kappa shape index (κ3) is 1.48. The van der Waals surface area contributed by atoms with Gasteiger partial charge in [0.1, 0.15) is 0 Å². The third-order valence-electron chi connectivity index (χ3n) is 3.55. The lowest BCUT2D eigenvalue weighted by molar-refractivity contribution is -0.807. The summed E-state index contributed by atoms with van der Waals surface area (Å²) in [6, 6.07) is 12.1. The fraction of sp³-hybridized carbons (Fsp3) is 0.143. The van der Waals surface area contributed by atoms with Crippen molar-refractivity contribution in [2.24, 2.45) is 0 Å². The van der Waals surface area contributed by atoms with E-state index in [0.717, 1.165) is 28.9 Å². The van der Waals surface area contributed by atoms with Gasteiger partial charge in [0.2, 0.25) is 5.69 Å². The molecule has 0 atom stereocenters. The van der Waals surface area contributed by atoms with E-state index >= 15 is 0 Å². The van der Waals surface area contributed by atoms with Crippen LogP contribution in [0.3, 0.4) is 0 Å². The van der Waals surface area contributed by atoms with Gasteiger partial charge in [0.25, 0.3) is 5.69 Å². The largest absolute Gasteiger partial charge is 0.359 e. The fourth-order valence-electron chi connectivity index (χ4n) is 2.60. The van der Waals surface area contributed by atoms with E-state index in [2.05, 4.69) is 26.9 Å². The minimum atomic E-state index is 0.507. The molecule has 1 N–H and O–H groups in total. The van der Waals surface area contributed by atoms with Crippen molar-refractivity contribution >= 4 is 0 Å². The first-order valence-electron chi connectivity index (χ1n) is 6.19. The van der Waals surface area contributed by atoms with Crippen molar-refractivity contribution in [1.29, 1.82) is 0 Å². The molecule has 3 aromatic rings. The monoisotopic (exact) mass is 253 g/mol. The number of benzene rings is 1. The van der Waals surface area contributed by atoms with Crippen molar-refractivity contribution in [3.63, 3.8) is 0 Å². The highest BCUT2D eigenvalue weighted by Gasteiger charge is 2.29. The summed E-state index contributed by atoms with van der Waals surface area (Å²) in [5.74, 6) is 0. The number of nitrogens with one attached hydrogen (secondary N) is 1. The number of H-pyrrole nitrogens is 1. The molecule has 5 heteroatoms. The van der Waals surface area contributed by atoms with E-state index < -0.39 is 0 Å². The maximum Gasteiger partial charge on any atom is 0.253 e. The van der Waals surface area contributed by atoms with E-state index in [0.29, 0.717) is 22.7 Å². The summed E-state index contributed by atoms with van der Waals surface area (Å²) in [4.78, 5) is 3.91. The Morgan fingerprint density at radius 3 is 2.89 bits per heavy atom. The van der Waals surface area contributed by atoms with Gasteiger partial charge in [0.05, 0.1) is 5.56 Å². The molecule has 1 aromatic carbocycles. The zero-order chi connectivity index (χ0) is 12.8. The van der Waals surface area contributed by atoms with Gasteiger partial charge in [-0.25, -0.2) is 0 Å².